The lowest BCUT2D eigenvalue weighted by Crippen LogP contribution is -2.42. The fourth-order valence-corrected chi connectivity index (χ4v) is 3.65. The summed E-state index contributed by atoms with van der Waals surface area (Å²) < 4.78 is 13.0. The normalized spacial score (nSPS) is 23.7. The molecule has 2 aliphatic rings. The van der Waals surface area contributed by atoms with Crippen LogP contribution in [-0.4, -0.2) is 58.4 Å². The van der Waals surface area contributed by atoms with Crippen LogP contribution >= 0.6 is 0 Å². The van der Waals surface area contributed by atoms with Crippen LogP contribution in [0.5, 0.6) is 0 Å². The highest BCUT2D eigenvalue weighted by molar-refractivity contribution is 5.76. The SMILES string of the molecule is O=c1c2ccccc2nnn1CN(C[C@H]1CCCO1)C[C@@H]1CCCO1. The summed E-state index contributed by atoms with van der Waals surface area (Å²) in [6.45, 7) is 3.65. The van der Waals surface area contributed by atoms with Crippen LogP contribution in [0.3, 0.4) is 0 Å². The molecule has 2 saturated heterocycles. The molecule has 0 radical (unpaired) electrons. The van der Waals surface area contributed by atoms with Crippen molar-refractivity contribution < 1.29 is 9.47 Å². The van der Waals surface area contributed by atoms with E-state index in [-0.39, 0.29) is 17.8 Å². The van der Waals surface area contributed by atoms with Gasteiger partial charge >= 0.3 is 0 Å². The predicted octanol–water partition coefficient (Wildman–Crippen LogP) is 1.41. The Morgan fingerprint density at radius 3 is 2.40 bits per heavy atom. The molecule has 1 aromatic heterocycles. The van der Waals surface area contributed by atoms with Crippen LogP contribution in [0.15, 0.2) is 29.1 Å². The van der Waals surface area contributed by atoms with Crippen molar-refractivity contribution in [1.29, 1.82) is 0 Å². The van der Waals surface area contributed by atoms with Crippen molar-refractivity contribution in [2.45, 2.75) is 44.6 Å². The molecule has 4 rings (SSSR count). The minimum atomic E-state index is -0.102. The zero-order valence-corrected chi connectivity index (χ0v) is 14.3. The van der Waals surface area contributed by atoms with E-state index in [0.29, 0.717) is 17.6 Å². The van der Waals surface area contributed by atoms with Crippen molar-refractivity contribution in [3.8, 4) is 0 Å². The summed E-state index contributed by atoms with van der Waals surface area (Å²) in [5.41, 5.74) is 0.531. The average Bonchev–Trinajstić information content (AvgIpc) is 3.32. The van der Waals surface area contributed by atoms with Crippen molar-refractivity contribution in [2.75, 3.05) is 26.3 Å². The zero-order valence-electron chi connectivity index (χ0n) is 14.3. The number of benzene rings is 1. The summed E-state index contributed by atoms with van der Waals surface area (Å²) in [4.78, 5) is 14.9. The van der Waals surface area contributed by atoms with Crippen LogP contribution in [0.25, 0.3) is 10.9 Å². The van der Waals surface area contributed by atoms with Gasteiger partial charge in [-0.05, 0) is 37.8 Å². The zero-order chi connectivity index (χ0) is 17.1. The Labute approximate surface area is 146 Å². The van der Waals surface area contributed by atoms with E-state index in [4.69, 9.17) is 9.47 Å². The van der Waals surface area contributed by atoms with E-state index >= 15 is 0 Å². The number of hydrogen-bond acceptors (Lipinski definition) is 6. The first kappa shape index (κ1) is 16.6. The first-order chi connectivity index (χ1) is 12.3. The van der Waals surface area contributed by atoms with Gasteiger partial charge in [0.25, 0.3) is 5.56 Å². The first-order valence-electron chi connectivity index (χ1n) is 9.08. The van der Waals surface area contributed by atoms with E-state index < -0.39 is 0 Å². The molecule has 7 nitrogen and oxygen atoms in total. The van der Waals surface area contributed by atoms with Gasteiger partial charge in [-0.25, -0.2) is 0 Å². The van der Waals surface area contributed by atoms with Gasteiger partial charge in [0.15, 0.2) is 0 Å². The summed E-state index contributed by atoms with van der Waals surface area (Å²) in [6.07, 6.45) is 4.80. The van der Waals surface area contributed by atoms with Gasteiger partial charge in [-0.2, -0.15) is 4.68 Å². The molecule has 25 heavy (non-hydrogen) atoms. The number of nitrogens with zero attached hydrogens (tertiary/aromatic N) is 4. The molecule has 0 N–H and O–H groups in total. The highest BCUT2D eigenvalue weighted by Gasteiger charge is 2.24. The third-order valence-electron chi connectivity index (χ3n) is 4.93. The summed E-state index contributed by atoms with van der Waals surface area (Å²) in [5.74, 6) is 0. The Hall–Kier alpha value is -1.83. The maximum absolute atomic E-state index is 12.7. The maximum atomic E-state index is 12.7. The largest absolute Gasteiger partial charge is 0.377 e. The number of fused-ring (bicyclic) bond motifs is 1. The molecule has 2 fully saturated rings. The van der Waals surface area contributed by atoms with Gasteiger partial charge in [-0.3, -0.25) is 9.69 Å². The molecule has 2 aliphatic heterocycles. The van der Waals surface area contributed by atoms with Crippen molar-refractivity contribution in [2.24, 2.45) is 0 Å². The Kier molecular flexibility index (Phi) is 5.05. The van der Waals surface area contributed by atoms with E-state index in [1.54, 1.807) is 6.07 Å². The lowest BCUT2D eigenvalue weighted by atomic mass is 10.2. The van der Waals surface area contributed by atoms with Crippen LogP contribution in [0.1, 0.15) is 25.7 Å². The van der Waals surface area contributed by atoms with Crippen LogP contribution in [0, 0.1) is 0 Å². The number of hydrogen-bond donors (Lipinski definition) is 0. The minimum absolute atomic E-state index is 0.102. The Bertz CT molecular complexity index is 748. The average molecular weight is 344 g/mol. The summed E-state index contributed by atoms with van der Waals surface area (Å²) in [7, 11) is 0. The van der Waals surface area contributed by atoms with E-state index in [9.17, 15) is 4.79 Å². The number of ether oxygens (including phenoxy) is 2. The molecule has 134 valence electrons. The van der Waals surface area contributed by atoms with Crippen LogP contribution in [0.2, 0.25) is 0 Å². The van der Waals surface area contributed by atoms with Gasteiger partial charge in [-0.15, -0.1) is 5.10 Å². The third-order valence-corrected chi connectivity index (χ3v) is 4.93. The minimum Gasteiger partial charge on any atom is -0.377 e. The molecular weight excluding hydrogens is 320 g/mol. The van der Waals surface area contributed by atoms with E-state index in [2.05, 4.69) is 15.2 Å². The standard InChI is InChI=1S/C18H24N4O3/c23-18-16-7-1-2-8-17(16)19-20-22(18)13-21(11-14-5-3-9-24-14)12-15-6-4-10-25-15/h1-2,7-8,14-15H,3-6,9-13H2/t14-,15+. The second-order valence-electron chi connectivity index (χ2n) is 6.86. The fourth-order valence-electron chi connectivity index (χ4n) is 3.65. The molecule has 0 aliphatic carbocycles. The second kappa shape index (κ2) is 7.59. The highest BCUT2D eigenvalue weighted by Crippen LogP contribution is 2.17. The van der Waals surface area contributed by atoms with E-state index in [0.717, 1.165) is 52.0 Å². The molecule has 0 spiro atoms. The Morgan fingerprint density at radius 2 is 1.76 bits per heavy atom. The van der Waals surface area contributed by atoms with Crippen molar-refractivity contribution in [3.63, 3.8) is 0 Å². The summed E-state index contributed by atoms with van der Waals surface area (Å²) in [6, 6.07) is 7.33. The van der Waals surface area contributed by atoms with Crippen molar-refractivity contribution >= 4 is 10.9 Å². The van der Waals surface area contributed by atoms with Crippen molar-refractivity contribution in [3.05, 3.63) is 34.6 Å². The van der Waals surface area contributed by atoms with E-state index in [1.807, 2.05) is 18.2 Å². The lowest BCUT2D eigenvalue weighted by molar-refractivity contribution is 0.0226. The van der Waals surface area contributed by atoms with Crippen molar-refractivity contribution in [1.82, 2.24) is 19.9 Å². The number of aromatic nitrogens is 3. The quantitative estimate of drug-likeness (QED) is 0.789. The van der Waals surface area contributed by atoms with Crippen LogP contribution < -0.4 is 5.56 Å². The Balaban J connectivity index is 1.54. The fraction of sp³-hybridized carbons (Fsp3) is 0.611. The van der Waals surface area contributed by atoms with Crippen LogP contribution in [-0.2, 0) is 16.1 Å². The highest BCUT2D eigenvalue weighted by atomic mass is 16.5. The molecule has 0 amide bonds. The molecule has 2 aromatic rings. The topological polar surface area (TPSA) is 69.5 Å². The molecule has 1 aromatic carbocycles. The molecule has 3 heterocycles. The molecule has 7 heteroatoms. The molecular formula is C18H24N4O3. The molecule has 0 bridgehead atoms. The van der Waals surface area contributed by atoms with Gasteiger partial charge in [0.2, 0.25) is 0 Å². The lowest BCUT2D eigenvalue weighted by Gasteiger charge is -2.27. The number of rotatable bonds is 6. The first-order valence-corrected chi connectivity index (χ1v) is 9.08. The summed E-state index contributed by atoms with van der Waals surface area (Å²) >= 11 is 0. The van der Waals surface area contributed by atoms with Crippen LogP contribution in [0.4, 0.5) is 0 Å². The third kappa shape index (κ3) is 3.89. The van der Waals surface area contributed by atoms with E-state index in [1.165, 1.54) is 4.68 Å². The van der Waals surface area contributed by atoms with Gasteiger partial charge in [0.1, 0.15) is 5.52 Å². The van der Waals surface area contributed by atoms with Gasteiger partial charge in [0.05, 0.1) is 24.3 Å². The van der Waals surface area contributed by atoms with Gasteiger partial charge < -0.3 is 9.47 Å². The molecule has 2 atom stereocenters. The van der Waals surface area contributed by atoms with Gasteiger partial charge in [-0.1, -0.05) is 17.3 Å². The molecule has 0 saturated carbocycles. The maximum Gasteiger partial charge on any atom is 0.278 e. The molecule has 0 unspecified atom stereocenters. The predicted molar refractivity (Wildman–Crippen MR) is 93.3 cm³/mol. The monoisotopic (exact) mass is 344 g/mol. The van der Waals surface area contributed by atoms with Gasteiger partial charge in [0, 0.05) is 26.3 Å². The summed E-state index contributed by atoms with van der Waals surface area (Å²) in [5, 5.41) is 8.91. The smallest absolute Gasteiger partial charge is 0.278 e. The Morgan fingerprint density at radius 1 is 1.08 bits per heavy atom. The second-order valence-corrected chi connectivity index (χ2v) is 6.86.